The second kappa shape index (κ2) is 6.47. The Balaban J connectivity index is 2.09. The number of nitrogens with zero attached hydrogens (tertiary/aromatic N) is 1. The largest absolute Gasteiger partial charge is 0.478 e. The lowest BCUT2D eigenvalue weighted by Gasteiger charge is -2.16. The van der Waals surface area contributed by atoms with Crippen molar-refractivity contribution in [2.24, 2.45) is 0 Å². The molecule has 1 aliphatic rings. The number of amides is 1. The second-order valence-corrected chi connectivity index (χ2v) is 6.07. The lowest BCUT2D eigenvalue weighted by atomic mass is 9.90. The van der Waals surface area contributed by atoms with E-state index in [4.69, 9.17) is 0 Å². The molecule has 0 fully saturated rings. The van der Waals surface area contributed by atoms with E-state index in [9.17, 15) is 19.5 Å². The van der Waals surface area contributed by atoms with Crippen LogP contribution in [0.15, 0.2) is 30.3 Å². The van der Waals surface area contributed by atoms with E-state index in [-0.39, 0.29) is 41.7 Å². The third kappa shape index (κ3) is 3.15. The van der Waals surface area contributed by atoms with Crippen molar-refractivity contribution >= 4 is 23.3 Å². The number of pyridine rings is 1. The highest BCUT2D eigenvalue weighted by atomic mass is 16.4. The molecule has 2 aromatic rings. The van der Waals surface area contributed by atoms with Gasteiger partial charge in [0, 0.05) is 23.7 Å². The molecule has 0 aliphatic carbocycles. The van der Waals surface area contributed by atoms with Crippen LogP contribution >= 0.6 is 0 Å². The SMILES string of the molecule is CCC(=O)c1cc(C(=O)O)cc(C(C)c2cccc3c2CC(=O)N3)n1. The number of carbonyl (C=O) groups is 3. The third-order valence-corrected chi connectivity index (χ3v) is 4.43. The summed E-state index contributed by atoms with van der Waals surface area (Å²) in [6, 6.07) is 8.38. The summed E-state index contributed by atoms with van der Waals surface area (Å²) < 4.78 is 0. The highest BCUT2D eigenvalue weighted by molar-refractivity contribution is 6.00. The summed E-state index contributed by atoms with van der Waals surface area (Å²) in [5.74, 6) is -1.61. The van der Waals surface area contributed by atoms with Crippen LogP contribution in [0.2, 0.25) is 0 Å². The van der Waals surface area contributed by atoms with Crippen LogP contribution in [0.1, 0.15) is 63.9 Å². The highest BCUT2D eigenvalue weighted by Crippen LogP contribution is 2.34. The number of carboxylic acids is 1. The van der Waals surface area contributed by atoms with Crippen LogP contribution in [0.25, 0.3) is 0 Å². The van der Waals surface area contributed by atoms with Crippen LogP contribution < -0.4 is 5.32 Å². The van der Waals surface area contributed by atoms with Crippen LogP contribution in [0, 0.1) is 0 Å². The minimum absolute atomic E-state index is 0.0374. The van der Waals surface area contributed by atoms with E-state index in [0.29, 0.717) is 5.69 Å². The van der Waals surface area contributed by atoms with Gasteiger partial charge >= 0.3 is 5.97 Å². The monoisotopic (exact) mass is 338 g/mol. The third-order valence-electron chi connectivity index (χ3n) is 4.43. The lowest BCUT2D eigenvalue weighted by molar-refractivity contribution is -0.115. The number of anilines is 1. The number of rotatable bonds is 5. The molecular weight excluding hydrogens is 320 g/mol. The van der Waals surface area contributed by atoms with Crippen molar-refractivity contribution in [2.45, 2.75) is 32.6 Å². The van der Waals surface area contributed by atoms with Gasteiger partial charge in [-0.3, -0.25) is 9.59 Å². The number of aromatic carboxylic acids is 1. The van der Waals surface area contributed by atoms with Gasteiger partial charge in [-0.1, -0.05) is 26.0 Å². The number of benzene rings is 1. The summed E-state index contributed by atoms with van der Waals surface area (Å²) >= 11 is 0. The van der Waals surface area contributed by atoms with E-state index < -0.39 is 5.97 Å². The number of fused-ring (bicyclic) bond motifs is 1. The van der Waals surface area contributed by atoms with Crippen LogP contribution in [0.4, 0.5) is 5.69 Å². The van der Waals surface area contributed by atoms with Crippen LogP contribution in [0.3, 0.4) is 0 Å². The molecule has 2 heterocycles. The Morgan fingerprint density at radius 2 is 2.08 bits per heavy atom. The number of aromatic nitrogens is 1. The predicted octanol–water partition coefficient (Wildman–Crippen LogP) is 3.02. The molecule has 0 saturated heterocycles. The molecule has 1 amide bonds. The fourth-order valence-electron chi connectivity index (χ4n) is 3.06. The second-order valence-electron chi connectivity index (χ2n) is 6.07. The Labute approximate surface area is 144 Å². The zero-order chi connectivity index (χ0) is 18.1. The molecule has 25 heavy (non-hydrogen) atoms. The molecule has 1 aromatic carbocycles. The highest BCUT2D eigenvalue weighted by Gasteiger charge is 2.25. The van der Waals surface area contributed by atoms with Gasteiger partial charge in [0.1, 0.15) is 5.69 Å². The maximum atomic E-state index is 12.0. The van der Waals surface area contributed by atoms with Crippen molar-refractivity contribution < 1.29 is 19.5 Å². The van der Waals surface area contributed by atoms with Gasteiger partial charge in [0.2, 0.25) is 5.91 Å². The summed E-state index contributed by atoms with van der Waals surface area (Å²) in [5, 5.41) is 12.1. The fourth-order valence-corrected chi connectivity index (χ4v) is 3.06. The zero-order valence-corrected chi connectivity index (χ0v) is 14.0. The van der Waals surface area contributed by atoms with Crippen molar-refractivity contribution in [3.8, 4) is 0 Å². The first-order valence-corrected chi connectivity index (χ1v) is 8.10. The van der Waals surface area contributed by atoms with E-state index in [1.165, 1.54) is 12.1 Å². The Morgan fingerprint density at radius 1 is 1.32 bits per heavy atom. The maximum absolute atomic E-state index is 12.0. The Hall–Kier alpha value is -3.02. The van der Waals surface area contributed by atoms with Gasteiger partial charge in [-0.2, -0.15) is 0 Å². The first kappa shape index (κ1) is 16.8. The summed E-state index contributed by atoms with van der Waals surface area (Å²) in [6.45, 7) is 3.61. The minimum Gasteiger partial charge on any atom is -0.478 e. The fraction of sp³-hybridized carbons (Fsp3) is 0.263. The van der Waals surface area contributed by atoms with Gasteiger partial charge in [0.25, 0.3) is 0 Å². The van der Waals surface area contributed by atoms with Crippen LogP contribution in [-0.2, 0) is 11.2 Å². The molecule has 2 N–H and O–H groups in total. The minimum atomic E-state index is -1.10. The molecule has 1 aliphatic heterocycles. The molecular formula is C19H18N2O4. The molecule has 3 rings (SSSR count). The first-order chi connectivity index (χ1) is 11.9. The van der Waals surface area contributed by atoms with Crippen LogP contribution in [0.5, 0.6) is 0 Å². The van der Waals surface area contributed by atoms with Crippen molar-refractivity contribution in [1.82, 2.24) is 4.98 Å². The van der Waals surface area contributed by atoms with E-state index >= 15 is 0 Å². The Kier molecular flexibility index (Phi) is 4.35. The molecule has 1 unspecified atom stereocenters. The topological polar surface area (TPSA) is 96.4 Å². The van der Waals surface area contributed by atoms with Gasteiger partial charge in [0.05, 0.1) is 12.0 Å². The van der Waals surface area contributed by atoms with Gasteiger partial charge in [-0.05, 0) is 29.3 Å². The molecule has 0 saturated carbocycles. The summed E-state index contributed by atoms with van der Waals surface area (Å²) in [7, 11) is 0. The molecule has 6 nitrogen and oxygen atoms in total. The number of hydrogen-bond donors (Lipinski definition) is 2. The average molecular weight is 338 g/mol. The predicted molar refractivity (Wildman–Crippen MR) is 92.1 cm³/mol. The number of nitrogens with one attached hydrogen (secondary N) is 1. The van der Waals surface area contributed by atoms with Crippen molar-refractivity contribution in [1.29, 1.82) is 0 Å². The quantitative estimate of drug-likeness (QED) is 0.817. The van der Waals surface area contributed by atoms with Crippen molar-refractivity contribution in [2.75, 3.05) is 5.32 Å². The van der Waals surface area contributed by atoms with Crippen LogP contribution in [-0.4, -0.2) is 27.8 Å². The average Bonchev–Trinajstić information content (AvgIpc) is 2.99. The number of carboxylic acid groups (broad SMARTS) is 1. The number of carbonyl (C=O) groups excluding carboxylic acids is 2. The lowest BCUT2D eigenvalue weighted by Crippen LogP contribution is -2.11. The Bertz CT molecular complexity index is 889. The first-order valence-electron chi connectivity index (χ1n) is 8.10. The zero-order valence-electron chi connectivity index (χ0n) is 14.0. The van der Waals surface area contributed by atoms with E-state index in [1.54, 1.807) is 6.92 Å². The molecule has 0 radical (unpaired) electrons. The standard InChI is InChI=1S/C19H18N2O4/c1-3-17(22)16-8-11(19(24)25)7-15(20-16)10(2)12-5-4-6-14-13(12)9-18(23)21-14/h4-8,10H,3,9H2,1-2H3,(H,21,23)(H,24,25). The molecule has 1 aromatic heterocycles. The molecule has 0 spiro atoms. The number of Topliss-reactive ketones (excluding diaryl/α,β-unsaturated/α-hetero) is 1. The van der Waals surface area contributed by atoms with Gasteiger partial charge in [-0.15, -0.1) is 0 Å². The Morgan fingerprint density at radius 3 is 2.76 bits per heavy atom. The molecule has 1 atom stereocenters. The smallest absolute Gasteiger partial charge is 0.335 e. The number of hydrogen-bond acceptors (Lipinski definition) is 4. The summed E-state index contributed by atoms with van der Waals surface area (Å²) in [6.07, 6.45) is 0.540. The molecule has 0 bridgehead atoms. The molecule has 128 valence electrons. The van der Waals surface area contributed by atoms with E-state index in [1.807, 2.05) is 25.1 Å². The molecule has 6 heteroatoms. The van der Waals surface area contributed by atoms with Crippen molar-refractivity contribution in [3.05, 3.63) is 58.4 Å². The van der Waals surface area contributed by atoms with E-state index in [2.05, 4.69) is 10.3 Å². The number of ketones is 1. The normalized spacial score (nSPS) is 13.9. The van der Waals surface area contributed by atoms with Gasteiger partial charge in [-0.25, -0.2) is 9.78 Å². The van der Waals surface area contributed by atoms with Crippen molar-refractivity contribution in [3.63, 3.8) is 0 Å². The van der Waals surface area contributed by atoms with E-state index in [0.717, 1.165) is 16.8 Å². The summed E-state index contributed by atoms with van der Waals surface area (Å²) in [5.41, 5.74) is 3.27. The van der Waals surface area contributed by atoms with Gasteiger partial charge < -0.3 is 10.4 Å². The maximum Gasteiger partial charge on any atom is 0.335 e. The summed E-state index contributed by atoms with van der Waals surface area (Å²) in [4.78, 5) is 39.5. The van der Waals surface area contributed by atoms with Gasteiger partial charge in [0.15, 0.2) is 5.78 Å².